The molecule has 0 saturated carbocycles. The molecule has 0 bridgehead atoms. The molecule has 0 fully saturated rings. The summed E-state index contributed by atoms with van der Waals surface area (Å²) in [5, 5.41) is -0.157. The summed E-state index contributed by atoms with van der Waals surface area (Å²) in [6, 6.07) is 8.30. The van der Waals surface area contributed by atoms with Crippen LogP contribution in [0.1, 0.15) is 0 Å². The van der Waals surface area contributed by atoms with Gasteiger partial charge in [-0.1, -0.05) is 0 Å². The first-order chi connectivity index (χ1) is 10.3. The van der Waals surface area contributed by atoms with E-state index in [0.717, 1.165) is 10.3 Å². The van der Waals surface area contributed by atoms with Gasteiger partial charge in [-0.25, -0.2) is 0 Å². The molecule has 22 heavy (non-hydrogen) atoms. The van der Waals surface area contributed by atoms with Crippen LogP contribution in [0.2, 0.25) is 5.02 Å². The van der Waals surface area contributed by atoms with Crippen molar-refractivity contribution in [1.29, 1.82) is 0 Å². The van der Waals surface area contributed by atoms with Gasteiger partial charge in [0.1, 0.15) is 0 Å². The van der Waals surface area contributed by atoms with Crippen LogP contribution >= 0.6 is 11.6 Å². The Morgan fingerprint density at radius 1 is 1.09 bits per heavy atom. The van der Waals surface area contributed by atoms with Gasteiger partial charge in [0, 0.05) is 0 Å². The maximum absolute atomic E-state index is 13.2. The number of halogens is 5. The number of fused-ring (bicyclic) bond motifs is 1. The van der Waals surface area contributed by atoms with Gasteiger partial charge in [0.05, 0.1) is 0 Å². The van der Waals surface area contributed by atoms with E-state index in [4.69, 9.17) is 11.6 Å². The van der Waals surface area contributed by atoms with E-state index in [9.17, 15) is 17.6 Å². The number of alkyl halides is 3. The van der Waals surface area contributed by atoms with Crippen molar-refractivity contribution < 1.29 is 22.3 Å². The molecule has 0 unspecified atom stereocenters. The standard InChI is InChI=1S/C14H6ClF4NOSe/c15-9-5-7(1-3-11(9)21-14(17,18)19)13-20-10-6-8(16)2-4-12(10)22-13/h1-6H. The van der Waals surface area contributed by atoms with E-state index in [-0.39, 0.29) is 25.3 Å². The molecule has 0 saturated heterocycles. The van der Waals surface area contributed by atoms with Crippen LogP contribution in [-0.4, -0.2) is 25.8 Å². The molecule has 0 radical (unpaired) electrons. The molecule has 2 aromatic carbocycles. The van der Waals surface area contributed by atoms with Gasteiger partial charge in [0.25, 0.3) is 0 Å². The SMILES string of the molecule is Fc1ccc2[se]c(-c3ccc(OC(F)(F)F)c(Cl)c3)nc2c1. The second-order valence-corrected chi connectivity index (χ2v) is 6.89. The molecule has 1 aromatic heterocycles. The van der Waals surface area contributed by atoms with E-state index in [2.05, 4.69) is 9.72 Å². The second kappa shape index (κ2) is 5.57. The van der Waals surface area contributed by atoms with E-state index in [1.54, 1.807) is 6.07 Å². The van der Waals surface area contributed by atoms with Crippen molar-refractivity contribution in [3.63, 3.8) is 0 Å². The first kappa shape index (κ1) is 15.3. The average molecular weight is 395 g/mol. The molecule has 114 valence electrons. The average Bonchev–Trinajstić information content (AvgIpc) is 2.82. The Balaban J connectivity index is 1.98. The summed E-state index contributed by atoms with van der Waals surface area (Å²) in [6.45, 7) is 0. The molecule has 1 heterocycles. The van der Waals surface area contributed by atoms with Gasteiger partial charge in [-0.3, -0.25) is 0 Å². The first-order valence-corrected chi connectivity index (χ1v) is 8.03. The van der Waals surface area contributed by atoms with Crippen molar-refractivity contribution in [1.82, 2.24) is 4.98 Å². The Hall–Kier alpha value is -1.56. The number of benzene rings is 2. The van der Waals surface area contributed by atoms with Crippen LogP contribution in [0, 0.1) is 5.82 Å². The van der Waals surface area contributed by atoms with Gasteiger partial charge in [0.2, 0.25) is 0 Å². The minimum absolute atomic E-state index is 0.154. The van der Waals surface area contributed by atoms with E-state index in [1.165, 1.54) is 24.3 Å². The van der Waals surface area contributed by atoms with Crippen LogP contribution in [-0.2, 0) is 0 Å². The van der Waals surface area contributed by atoms with Gasteiger partial charge in [-0.05, 0) is 0 Å². The van der Waals surface area contributed by atoms with Crippen molar-refractivity contribution in [3.8, 4) is 15.9 Å². The fraction of sp³-hybridized carbons (Fsp3) is 0.0714. The van der Waals surface area contributed by atoms with Crippen molar-refractivity contribution in [3.05, 3.63) is 47.2 Å². The molecule has 2 nitrogen and oxygen atoms in total. The van der Waals surface area contributed by atoms with Gasteiger partial charge in [-0.15, -0.1) is 0 Å². The zero-order valence-electron chi connectivity index (χ0n) is 10.6. The van der Waals surface area contributed by atoms with Crippen molar-refractivity contribution >= 4 is 35.9 Å². The molecular weight excluding hydrogens is 389 g/mol. The predicted molar refractivity (Wildman–Crippen MR) is 75.8 cm³/mol. The van der Waals surface area contributed by atoms with E-state index in [1.807, 2.05) is 0 Å². The summed E-state index contributed by atoms with van der Waals surface area (Å²) >= 11 is 5.66. The molecule has 0 atom stereocenters. The maximum atomic E-state index is 13.2. The molecule has 0 spiro atoms. The third-order valence-electron chi connectivity index (χ3n) is 2.75. The number of hydrogen-bond donors (Lipinski definition) is 0. The minimum atomic E-state index is -4.80. The van der Waals surface area contributed by atoms with Crippen LogP contribution < -0.4 is 4.74 Å². The topological polar surface area (TPSA) is 22.1 Å². The monoisotopic (exact) mass is 395 g/mol. The zero-order valence-corrected chi connectivity index (χ0v) is 13.1. The molecule has 3 rings (SSSR count). The fourth-order valence-electron chi connectivity index (χ4n) is 1.87. The Labute approximate surface area is 133 Å². The summed E-state index contributed by atoms with van der Waals surface area (Å²) in [7, 11) is 0. The molecule has 0 aliphatic rings. The number of nitrogens with zero attached hydrogens (tertiary/aromatic N) is 1. The number of hydrogen-bond acceptors (Lipinski definition) is 2. The molecule has 3 aromatic rings. The van der Waals surface area contributed by atoms with Crippen LogP contribution in [0.15, 0.2) is 36.4 Å². The summed E-state index contributed by atoms with van der Waals surface area (Å²) in [5.41, 5.74) is 1.14. The molecule has 8 heteroatoms. The van der Waals surface area contributed by atoms with Crippen LogP contribution in [0.3, 0.4) is 0 Å². The van der Waals surface area contributed by atoms with E-state index in [0.29, 0.717) is 15.6 Å². The number of aromatic nitrogens is 1. The molecule has 0 N–H and O–H groups in total. The fourth-order valence-corrected chi connectivity index (χ4v) is 4.06. The Morgan fingerprint density at radius 3 is 2.55 bits per heavy atom. The molecule has 0 aliphatic carbocycles. The van der Waals surface area contributed by atoms with Crippen molar-refractivity contribution in [2.24, 2.45) is 0 Å². The first-order valence-electron chi connectivity index (χ1n) is 5.93. The van der Waals surface area contributed by atoms with Gasteiger partial charge in [0.15, 0.2) is 0 Å². The predicted octanol–water partition coefficient (Wildman–Crippen LogP) is 4.65. The van der Waals surface area contributed by atoms with Crippen LogP contribution in [0.25, 0.3) is 19.9 Å². The van der Waals surface area contributed by atoms with Gasteiger partial charge >= 0.3 is 133 Å². The Bertz CT molecular complexity index is 846. The quantitative estimate of drug-likeness (QED) is 0.466. The van der Waals surface area contributed by atoms with Crippen molar-refractivity contribution in [2.45, 2.75) is 6.36 Å². The molecule has 0 amide bonds. The third-order valence-corrected chi connectivity index (χ3v) is 5.33. The summed E-state index contributed by atoms with van der Waals surface area (Å²) in [6.07, 6.45) is -4.80. The molecular formula is C14H6ClF4NOSe. The number of ether oxygens (including phenoxy) is 1. The normalized spacial score (nSPS) is 11.9. The zero-order chi connectivity index (χ0) is 15.9. The van der Waals surface area contributed by atoms with Crippen LogP contribution in [0.5, 0.6) is 5.75 Å². The van der Waals surface area contributed by atoms with Crippen molar-refractivity contribution in [2.75, 3.05) is 0 Å². The third kappa shape index (κ3) is 3.27. The Morgan fingerprint density at radius 2 is 1.86 bits per heavy atom. The van der Waals surface area contributed by atoms with Gasteiger partial charge in [-0.2, -0.15) is 0 Å². The number of rotatable bonds is 2. The van der Waals surface area contributed by atoms with Gasteiger partial charge < -0.3 is 0 Å². The van der Waals surface area contributed by atoms with E-state index < -0.39 is 12.1 Å². The van der Waals surface area contributed by atoms with E-state index >= 15 is 0 Å². The second-order valence-electron chi connectivity index (χ2n) is 4.32. The summed E-state index contributed by atoms with van der Waals surface area (Å²) < 4.78 is 55.2. The summed E-state index contributed by atoms with van der Waals surface area (Å²) in [4.78, 5) is 4.31. The summed E-state index contributed by atoms with van der Waals surface area (Å²) in [5.74, 6) is -0.848. The van der Waals surface area contributed by atoms with Crippen LogP contribution in [0.4, 0.5) is 17.6 Å². The Kier molecular flexibility index (Phi) is 3.89. The molecule has 0 aliphatic heterocycles.